The van der Waals surface area contributed by atoms with Crippen molar-refractivity contribution in [2.24, 2.45) is 0 Å². The quantitative estimate of drug-likeness (QED) is 0.118. The molecule has 0 spiro atoms. The van der Waals surface area contributed by atoms with Gasteiger partial charge in [-0.05, 0) is 97.1 Å². The lowest BCUT2D eigenvalue weighted by molar-refractivity contribution is 0.0764. The van der Waals surface area contributed by atoms with Crippen molar-refractivity contribution in [2.45, 2.75) is 0 Å². The van der Waals surface area contributed by atoms with Gasteiger partial charge in [-0.15, -0.1) is 0 Å². The van der Waals surface area contributed by atoms with Gasteiger partial charge in [0.15, 0.2) is 0 Å². The fourth-order valence-corrected chi connectivity index (χ4v) is 5.12. The van der Waals surface area contributed by atoms with Gasteiger partial charge in [0, 0.05) is 34.1 Å². The molecule has 6 rings (SSSR count). The minimum Gasteiger partial charge on any atom is -0.491 e. The highest BCUT2D eigenvalue weighted by Gasteiger charge is 2.13. The molecule has 0 aliphatic rings. The van der Waals surface area contributed by atoms with Crippen molar-refractivity contribution < 1.29 is 14.2 Å². The molecule has 0 fully saturated rings. The third-order valence-electron chi connectivity index (χ3n) is 7.24. The molecule has 45 heavy (non-hydrogen) atoms. The van der Waals surface area contributed by atoms with Crippen LogP contribution in [0.1, 0.15) is 0 Å². The summed E-state index contributed by atoms with van der Waals surface area (Å²) in [7, 11) is 0. The van der Waals surface area contributed by atoms with E-state index in [1.54, 1.807) is 0 Å². The zero-order chi connectivity index (χ0) is 30.5. The summed E-state index contributed by atoms with van der Waals surface area (Å²) >= 11 is 0. The molecule has 0 aliphatic carbocycles. The number of benzene rings is 6. The molecular formula is C40H36N2O3. The van der Waals surface area contributed by atoms with E-state index in [9.17, 15) is 0 Å². The molecule has 5 heteroatoms. The monoisotopic (exact) mass is 592 g/mol. The van der Waals surface area contributed by atoms with E-state index >= 15 is 0 Å². The summed E-state index contributed by atoms with van der Waals surface area (Å²) in [5, 5.41) is 0. The third kappa shape index (κ3) is 7.91. The maximum atomic E-state index is 5.94. The Morgan fingerprint density at radius 1 is 0.289 bits per heavy atom. The first-order valence-corrected chi connectivity index (χ1v) is 15.2. The number of para-hydroxylation sites is 4. The standard InChI is InChI=1S/C40H36N2O3/c1-5-13-33(14-6-1)41(34-15-7-2-8-16-34)37-21-25-39(26-22-37)44-31-29-43-30-32-45-40-27-23-38(24-28-40)42(35-17-9-3-10-18-35)36-19-11-4-12-20-36/h1-28H,29-32H2. The molecule has 0 atom stereocenters. The molecule has 0 amide bonds. The van der Waals surface area contributed by atoms with Crippen LogP contribution < -0.4 is 19.3 Å². The van der Waals surface area contributed by atoms with Crippen LogP contribution in [0.25, 0.3) is 0 Å². The fraction of sp³-hybridized carbons (Fsp3) is 0.100. The van der Waals surface area contributed by atoms with Gasteiger partial charge in [0.25, 0.3) is 0 Å². The summed E-state index contributed by atoms with van der Waals surface area (Å²) in [5.74, 6) is 1.61. The van der Waals surface area contributed by atoms with E-state index in [-0.39, 0.29) is 0 Å². The highest BCUT2D eigenvalue weighted by Crippen LogP contribution is 2.36. The van der Waals surface area contributed by atoms with Gasteiger partial charge in [0.1, 0.15) is 24.7 Å². The minimum absolute atomic E-state index is 0.462. The Hall–Kier alpha value is -5.52. The Balaban J connectivity index is 0.956. The van der Waals surface area contributed by atoms with Gasteiger partial charge in [-0.1, -0.05) is 72.8 Å². The van der Waals surface area contributed by atoms with Crippen LogP contribution in [0.4, 0.5) is 34.1 Å². The number of rotatable bonds is 14. The van der Waals surface area contributed by atoms with Crippen molar-refractivity contribution in [2.75, 3.05) is 36.2 Å². The molecule has 0 heterocycles. The number of nitrogens with zero attached hydrogens (tertiary/aromatic N) is 2. The summed E-state index contributed by atoms with van der Waals surface area (Å²) < 4.78 is 17.6. The third-order valence-corrected chi connectivity index (χ3v) is 7.24. The lowest BCUT2D eigenvalue weighted by Gasteiger charge is -2.25. The first-order valence-electron chi connectivity index (χ1n) is 15.2. The first-order chi connectivity index (χ1) is 22.3. The van der Waals surface area contributed by atoms with Crippen LogP contribution >= 0.6 is 0 Å². The van der Waals surface area contributed by atoms with Crippen LogP contribution in [0.2, 0.25) is 0 Å². The van der Waals surface area contributed by atoms with Gasteiger partial charge >= 0.3 is 0 Å². The number of ether oxygens (including phenoxy) is 3. The van der Waals surface area contributed by atoms with Crippen LogP contribution in [0.5, 0.6) is 11.5 Å². The van der Waals surface area contributed by atoms with Gasteiger partial charge < -0.3 is 24.0 Å². The number of hydrogen-bond donors (Lipinski definition) is 0. The van der Waals surface area contributed by atoms with Crippen molar-refractivity contribution in [3.05, 3.63) is 170 Å². The van der Waals surface area contributed by atoms with Crippen LogP contribution in [-0.4, -0.2) is 26.4 Å². The van der Waals surface area contributed by atoms with E-state index in [0.717, 1.165) is 45.6 Å². The Bertz CT molecular complexity index is 1490. The van der Waals surface area contributed by atoms with E-state index in [1.165, 1.54) is 0 Å². The molecule has 0 N–H and O–H groups in total. The topological polar surface area (TPSA) is 34.2 Å². The Morgan fingerprint density at radius 2 is 0.556 bits per heavy atom. The molecule has 0 saturated heterocycles. The summed E-state index contributed by atoms with van der Waals surface area (Å²) in [6.07, 6.45) is 0. The Labute approximate surface area is 265 Å². The second kappa shape index (κ2) is 15.3. The molecule has 0 aliphatic heterocycles. The van der Waals surface area contributed by atoms with E-state index in [1.807, 2.05) is 48.5 Å². The highest BCUT2D eigenvalue weighted by molar-refractivity contribution is 5.77. The average molecular weight is 593 g/mol. The second-order valence-electron chi connectivity index (χ2n) is 10.3. The summed E-state index contributed by atoms with van der Waals surface area (Å²) in [6.45, 7) is 1.88. The van der Waals surface area contributed by atoms with Crippen molar-refractivity contribution in [3.63, 3.8) is 0 Å². The van der Waals surface area contributed by atoms with Crippen molar-refractivity contribution in [1.29, 1.82) is 0 Å². The van der Waals surface area contributed by atoms with E-state index in [0.29, 0.717) is 26.4 Å². The summed E-state index contributed by atoms with van der Waals surface area (Å²) in [5.41, 5.74) is 6.54. The van der Waals surface area contributed by atoms with Crippen LogP contribution in [-0.2, 0) is 4.74 Å². The first kappa shape index (κ1) is 29.5. The van der Waals surface area contributed by atoms with Gasteiger partial charge in [0.2, 0.25) is 0 Å². The lowest BCUT2D eigenvalue weighted by Crippen LogP contribution is -2.12. The van der Waals surface area contributed by atoms with Crippen molar-refractivity contribution in [3.8, 4) is 11.5 Å². The number of anilines is 6. The highest BCUT2D eigenvalue weighted by atomic mass is 16.5. The van der Waals surface area contributed by atoms with E-state index < -0.39 is 0 Å². The SMILES string of the molecule is c1ccc(N(c2ccccc2)c2ccc(OCCOCCOc3ccc(N(c4ccccc4)c4ccccc4)cc3)cc2)cc1. The molecule has 0 unspecified atom stereocenters. The maximum absolute atomic E-state index is 5.94. The minimum atomic E-state index is 0.462. The van der Waals surface area contributed by atoms with Gasteiger partial charge in [0.05, 0.1) is 13.2 Å². The van der Waals surface area contributed by atoms with Crippen LogP contribution in [0.3, 0.4) is 0 Å². The molecule has 0 saturated carbocycles. The van der Waals surface area contributed by atoms with Gasteiger partial charge in [-0.3, -0.25) is 0 Å². The fourth-order valence-electron chi connectivity index (χ4n) is 5.12. The zero-order valence-corrected chi connectivity index (χ0v) is 25.1. The van der Waals surface area contributed by atoms with Crippen LogP contribution in [0, 0.1) is 0 Å². The lowest BCUT2D eigenvalue weighted by atomic mass is 10.2. The predicted octanol–water partition coefficient (Wildman–Crippen LogP) is 10.1. The van der Waals surface area contributed by atoms with Crippen molar-refractivity contribution in [1.82, 2.24) is 0 Å². The average Bonchev–Trinajstić information content (AvgIpc) is 3.11. The smallest absolute Gasteiger partial charge is 0.119 e. The van der Waals surface area contributed by atoms with E-state index in [2.05, 4.69) is 131 Å². The van der Waals surface area contributed by atoms with Crippen molar-refractivity contribution >= 4 is 34.1 Å². The Kier molecular flexibility index (Phi) is 10.0. The molecule has 6 aromatic carbocycles. The predicted molar refractivity (Wildman–Crippen MR) is 184 cm³/mol. The number of hydrogen-bond acceptors (Lipinski definition) is 5. The maximum Gasteiger partial charge on any atom is 0.119 e. The normalized spacial score (nSPS) is 10.7. The summed E-state index contributed by atoms with van der Waals surface area (Å²) in [6, 6.07) is 57.7. The van der Waals surface area contributed by atoms with Crippen LogP contribution in [0.15, 0.2) is 170 Å². The molecule has 5 nitrogen and oxygen atoms in total. The molecule has 224 valence electrons. The molecule has 0 aromatic heterocycles. The zero-order valence-electron chi connectivity index (χ0n) is 25.1. The largest absolute Gasteiger partial charge is 0.491 e. The second-order valence-corrected chi connectivity index (χ2v) is 10.3. The van der Waals surface area contributed by atoms with Gasteiger partial charge in [-0.2, -0.15) is 0 Å². The molecule has 0 radical (unpaired) electrons. The molecular weight excluding hydrogens is 556 g/mol. The van der Waals surface area contributed by atoms with Gasteiger partial charge in [-0.25, -0.2) is 0 Å². The summed E-state index contributed by atoms with van der Waals surface area (Å²) in [4.78, 5) is 4.45. The van der Waals surface area contributed by atoms with E-state index in [4.69, 9.17) is 14.2 Å². The molecule has 6 aromatic rings. The molecule has 0 bridgehead atoms. The Morgan fingerprint density at radius 3 is 0.844 bits per heavy atom.